The zero-order valence-electron chi connectivity index (χ0n) is 23.2. The SMILES string of the molecule is C1=NCCC=C1c1cccc(-c2cc(-c3cccc(-c4cccnc4)c3)cc(-c3cccc(-c4cccnc4)c3)c2)c1. The molecule has 42 heavy (non-hydrogen) atoms. The molecule has 200 valence electrons. The first-order chi connectivity index (χ1) is 20.8. The van der Waals surface area contributed by atoms with Crippen molar-refractivity contribution in [3.63, 3.8) is 0 Å². The molecule has 0 amide bonds. The molecule has 0 atom stereocenters. The Morgan fingerprint density at radius 1 is 0.405 bits per heavy atom. The normalized spacial score (nSPS) is 12.6. The number of benzene rings is 4. The van der Waals surface area contributed by atoms with Crippen molar-refractivity contribution < 1.29 is 0 Å². The summed E-state index contributed by atoms with van der Waals surface area (Å²) in [6.45, 7) is 0.866. The van der Waals surface area contributed by atoms with Crippen LogP contribution >= 0.6 is 0 Å². The van der Waals surface area contributed by atoms with Crippen LogP contribution in [0.1, 0.15) is 12.0 Å². The third-order valence-corrected chi connectivity index (χ3v) is 7.70. The first-order valence-corrected chi connectivity index (χ1v) is 14.3. The lowest BCUT2D eigenvalue weighted by Crippen LogP contribution is -1.94. The molecule has 0 fully saturated rings. The van der Waals surface area contributed by atoms with Crippen molar-refractivity contribution in [1.29, 1.82) is 0 Å². The van der Waals surface area contributed by atoms with E-state index in [1.807, 2.05) is 43.1 Å². The van der Waals surface area contributed by atoms with Crippen molar-refractivity contribution in [1.82, 2.24) is 9.97 Å². The van der Waals surface area contributed by atoms with Crippen LogP contribution in [0, 0.1) is 0 Å². The van der Waals surface area contributed by atoms with Crippen LogP contribution in [-0.4, -0.2) is 22.7 Å². The van der Waals surface area contributed by atoms with E-state index in [0.29, 0.717) is 0 Å². The molecule has 0 unspecified atom stereocenters. The third-order valence-electron chi connectivity index (χ3n) is 7.70. The van der Waals surface area contributed by atoms with Crippen LogP contribution in [0.2, 0.25) is 0 Å². The molecule has 0 saturated carbocycles. The van der Waals surface area contributed by atoms with E-state index in [9.17, 15) is 0 Å². The summed E-state index contributed by atoms with van der Waals surface area (Å²) in [4.78, 5) is 13.2. The summed E-state index contributed by atoms with van der Waals surface area (Å²) < 4.78 is 0. The predicted molar refractivity (Wildman–Crippen MR) is 175 cm³/mol. The van der Waals surface area contributed by atoms with Crippen LogP contribution in [0.25, 0.3) is 61.2 Å². The quantitative estimate of drug-likeness (QED) is 0.211. The molecule has 6 aromatic rings. The highest BCUT2D eigenvalue weighted by atomic mass is 14.7. The van der Waals surface area contributed by atoms with Gasteiger partial charge in [0.1, 0.15) is 0 Å². The van der Waals surface area contributed by atoms with Crippen molar-refractivity contribution in [2.24, 2.45) is 4.99 Å². The smallest absolute Gasteiger partial charge is 0.0424 e. The number of dihydropyridines is 1. The van der Waals surface area contributed by atoms with Gasteiger partial charge in [-0.25, -0.2) is 0 Å². The third kappa shape index (κ3) is 5.45. The molecule has 0 aliphatic carbocycles. The number of rotatable bonds is 6. The van der Waals surface area contributed by atoms with Crippen molar-refractivity contribution in [2.75, 3.05) is 6.54 Å². The summed E-state index contributed by atoms with van der Waals surface area (Å²) in [5, 5.41) is 0. The van der Waals surface area contributed by atoms with Gasteiger partial charge in [-0.1, -0.05) is 72.8 Å². The largest absolute Gasteiger partial charge is 0.292 e. The van der Waals surface area contributed by atoms with Crippen LogP contribution in [0.3, 0.4) is 0 Å². The van der Waals surface area contributed by atoms with Gasteiger partial charge in [0, 0.05) is 48.7 Å². The molecule has 3 heteroatoms. The number of aromatic nitrogens is 2. The van der Waals surface area contributed by atoms with E-state index in [-0.39, 0.29) is 0 Å². The van der Waals surface area contributed by atoms with Crippen LogP contribution in [0.5, 0.6) is 0 Å². The van der Waals surface area contributed by atoms with Crippen molar-refractivity contribution in [2.45, 2.75) is 6.42 Å². The minimum Gasteiger partial charge on any atom is -0.292 e. The van der Waals surface area contributed by atoms with Crippen LogP contribution in [0.15, 0.2) is 151 Å². The van der Waals surface area contributed by atoms with E-state index < -0.39 is 0 Å². The number of hydrogen-bond acceptors (Lipinski definition) is 3. The molecule has 0 spiro atoms. The standard InChI is InChI=1S/C39H29N3/c1-7-28(34-13-4-16-40-25-34)19-31(10-1)37-22-38(32-11-2-8-29(20-32)35-14-5-17-41-26-35)24-39(23-37)33-12-3-9-30(21-33)36-15-6-18-42-27-36/h1-5,7-17,19-27H,6,18H2. The molecule has 0 bridgehead atoms. The number of hydrogen-bond donors (Lipinski definition) is 0. The maximum Gasteiger partial charge on any atom is 0.0424 e. The first kappa shape index (κ1) is 25.6. The molecule has 1 aliphatic heterocycles. The number of aliphatic imine (C=N–C) groups is 1. The van der Waals surface area contributed by atoms with E-state index in [1.54, 1.807) is 0 Å². The molecule has 7 rings (SSSR count). The Bertz CT molecular complexity index is 1820. The summed E-state index contributed by atoms with van der Waals surface area (Å²) in [6.07, 6.45) is 12.7. The minimum atomic E-state index is 0.866. The molecule has 0 radical (unpaired) electrons. The van der Waals surface area contributed by atoms with E-state index >= 15 is 0 Å². The zero-order chi connectivity index (χ0) is 28.1. The molecular formula is C39H29N3. The molecular weight excluding hydrogens is 510 g/mol. The van der Waals surface area contributed by atoms with E-state index in [4.69, 9.17) is 0 Å². The van der Waals surface area contributed by atoms with Gasteiger partial charge in [0.15, 0.2) is 0 Å². The first-order valence-electron chi connectivity index (χ1n) is 14.3. The second-order valence-corrected chi connectivity index (χ2v) is 10.5. The molecule has 0 saturated heterocycles. The van der Waals surface area contributed by atoms with E-state index in [0.717, 1.165) is 35.2 Å². The lowest BCUT2D eigenvalue weighted by atomic mass is 9.90. The zero-order valence-corrected chi connectivity index (χ0v) is 23.2. The second-order valence-electron chi connectivity index (χ2n) is 10.5. The lowest BCUT2D eigenvalue weighted by molar-refractivity contribution is 1.01. The van der Waals surface area contributed by atoms with Crippen LogP contribution in [-0.2, 0) is 0 Å². The topological polar surface area (TPSA) is 38.1 Å². The Morgan fingerprint density at radius 2 is 0.810 bits per heavy atom. The fourth-order valence-electron chi connectivity index (χ4n) is 5.53. The highest BCUT2D eigenvalue weighted by Gasteiger charge is 2.11. The van der Waals surface area contributed by atoms with Gasteiger partial charge in [-0.15, -0.1) is 0 Å². The van der Waals surface area contributed by atoms with Gasteiger partial charge in [0.25, 0.3) is 0 Å². The lowest BCUT2D eigenvalue weighted by Gasteiger charge is -2.14. The summed E-state index contributed by atoms with van der Waals surface area (Å²) >= 11 is 0. The summed E-state index contributed by atoms with van der Waals surface area (Å²) in [7, 11) is 0. The van der Waals surface area contributed by atoms with Crippen molar-refractivity contribution in [3.05, 3.63) is 152 Å². The molecule has 2 aromatic heterocycles. The average molecular weight is 540 g/mol. The van der Waals surface area contributed by atoms with Crippen LogP contribution < -0.4 is 0 Å². The second kappa shape index (κ2) is 11.6. The van der Waals surface area contributed by atoms with Gasteiger partial charge in [-0.3, -0.25) is 15.0 Å². The fourth-order valence-corrected chi connectivity index (χ4v) is 5.53. The summed E-state index contributed by atoms with van der Waals surface area (Å²) in [5.74, 6) is 0. The van der Waals surface area contributed by atoms with E-state index in [1.165, 1.54) is 44.5 Å². The minimum absolute atomic E-state index is 0.866. The number of pyridine rings is 2. The maximum atomic E-state index is 4.51. The van der Waals surface area contributed by atoms with Gasteiger partial charge < -0.3 is 0 Å². The Hall–Kier alpha value is -5.41. The fraction of sp³-hybridized carbons (Fsp3) is 0.0513. The van der Waals surface area contributed by atoms with Crippen molar-refractivity contribution >= 4 is 11.8 Å². The van der Waals surface area contributed by atoms with Crippen molar-refractivity contribution in [3.8, 4) is 55.6 Å². The summed E-state index contributed by atoms with van der Waals surface area (Å²) in [6, 6.07) is 41.3. The predicted octanol–water partition coefficient (Wildman–Crippen LogP) is 9.67. The number of allylic oxidation sites excluding steroid dienone is 1. The molecule has 0 N–H and O–H groups in total. The van der Waals surface area contributed by atoms with E-state index in [2.05, 4.69) is 124 Å². The Balaban J connectivity index is 1.37. The van der Waals surface area contributed by atoms with Gasteiger partial charge in [0.05, 0.1) is 0 Å². The molecule has 4 aromatic carbocycles. The summed E-state index contributed by atoms with van der Waals surface area (Å²) in [5.41, 5.74) is 13.9. The molecule has 3 nitrogen and oxygen atoms in total. The van der Waals surface area contributed by atoms with Crippen LogP contribution in [0.4, 0.5) is 0 Å². The maximum absolute atomic E-state index is 4.51. The average Bonchev–Trinajstić information content (AvgIpc) is 3.09. The highest BCUT2D eigenvalue weighted by Crippen LogP contribution is 2.36. The monoisotopic (exact) mass is 539 g/mol. The van der Waals surface area contributed by atoms with Gasteiger partial charge in [0.2, 0.25) is 0 Å². The Labute approximate surface area is 246 Å². The van der Waals surface area contributed by atoms with Gasteiger partial charge in [-0.05, 0) is 111 Å². The Kier molecular flexibility index (Phi) is 7.06. The van der Waals surface area contributed by atoms with Gasteiger partial charge in [-0.2, -0.15) is 0 Å². The molecule has 1 aliphatic rings. The highest BCUT2D eigenvalue weighted by molar-refractivity contribution is 6.10. The number of nitrogens with zero attached hydrogens (tertiary/aromatic N) is 3. The molecule has 3 heterocycles. The van der Waals surface area contributed by atoms with Gasteiger partial charge >= 0.3 is 0 Å². The Morgan fingerprint density at radius 3 is 1.24 bits per heavy atom.